The highest BCUT2D eigenvalue weighted by molar-refractivity contribution is 7.90. The number of anilines is 1. The number of amides is 1. The van der Waals surface area contributed by atoms with E-state index in [1.807, 2.05) is 6.92 Å². The Hall–Kier alpha value is -1.56. The van der Waals surface area contributed by atoms with Crippen molar-refractivity contribution in [2.45, 2.75) is 43.0 Å². The van der Waals surface area contributed by atoms with Crippen LogP contribution in [0.2, 0.25) is 0 Å². The molecule has 0 atom stereocenters. The van der Waals surface area contributed by atoms with E-state index in [4.69, 9.17) is 5.73 Å². The van der Waals surface area contributed by atoms with Gasteiger partial charge in [-0.05, 0) is 38.0 Å². The van der Waals surface area contributed by atoms with E-state index in [1.165, 1.54) is 18.2 Å². The minimum absolute atomic E-state index is 0.0687. The number of nitrogens with two attached hydrogens (primary N) is 1. The van der Waals surface area contributed by atoms with Gasteiger partial charge in [-0.3, -0.25) is 4.79 Å². The number of nitrogens with one attached hydrogen (secondary N) is 1. The van der Waals surface area contributed by atoms with Gasteiger partial charge in [0, 0.05) is 23.0 Å². The van der Waals surface area contributed by atoms with E-state index in [2.05, 4.69) is 5.32 Å². The maximum absolute atomic E-state index is 12.3. The van der Waals surface area contributed by atoms with E-state index in [0.29, 0.717) is 5.56 Å². The van der Waals surface area contributed by atoms with Gasteiger partial charge < -0.3 is 11.1 Å². The van der Waals surface area contributed by atoms with E-state index >= 15 is 0 Å². The molecular formula is C14H20N2O3S. The molecule has 1 aliphatic carbocycles. The minimum Gasteiger partial charge on any atom is -0.399 e. The molecule has 0 aliphatic heterocycles. The van der Waals surface area contributed by atoms with Gasteiger partial charge in [-0.1, -0.05) is 12.8 Å². The van der Waals surface area contributed by atoms with Crippen molar-refractivity contribution >= 4 is 21.4 Å². The molecule has 0 unspecified atom stereocenters. The molecule has 1 fully saturated rings. The first-order chi connectivity index (χ1) is 9.20. The Morgan fingerprint density at radius 3 is 2.40 bits per heavy atom. The largest absolute Gasteiger partial charge is 0.399 e. The summed E-state index contributed by atoms with van der Waals surface area (Å²) < 4.78 is 23.2. The number of sulfone groups is 1. The van der Waals surface area contributed by atoms with Crippen LogP contribution < -0.4 is 11.1 Å². The number of carbonyl (C=O) groups excluding carboxylic acids is 1. The van der Waals surface area contributed by atoms with E-state index in [0.717, 1.165) is 31.9 Å². The fourth-order valence-corrected chi connectivity index (χ4v) is 3.29. The predicted octanol–water partition coefficient (Wildman–Crippen LogP) is 1.73. The standard InChI is InChI=1S/C14H20N2O3S/c1-14(5-3-4-6-14)16-13(17)10-7-11(15)9-12(8-10)20(2,18)19/h7-9H,3-6,15H2,1-2H3,(H,16,17). The summed E-state index contributed by atoms with van der Waals surface area (Å²) in [6.07, 6.45) is 5.19. The van der Waals surface area contributed by atoms with Crippen LogP contribution in [0.4, 0.5) is 5.69 Å². The van der Waals surface area contributed by atoms with Crippen LogP contribution >= 0.6 is 0 Å². The van der Waals surface area contributed by atoms with Crippen LogP contribution in [-0.2, 0) is 9.84 Å². The molecule has 0 aromatic heterocycles. The van der Waals surface area contributed by atoms with Gasteiger partial charge in [0.15, 0.2) is 9.84 Å². The molecule has 110 valence electrons. The second-order valence-electron chi connectivity index (χ2n) is 5.78. The lowest BCUT2D eigenvalue weighted by Gasteiger charge is -2.25. The average molecular weight is 296 g/mol. The fraction of sp³-hybridized carbons (Fsp3) is 0.500. The number of hydrogen-bond donors (Lipinski definition) is 2. The summed E-state index contributed by atoms with van der Waals surface area (Å²) in [5, 5.41) is 2.99. The topological polar surface area (TPSA) is 89.3 Å². The highest BCUT2D eigenvalue weighted by atomic mass is 32.2. The van der Waals surface area contributed by atoms with Crippen molar-refractivity contribution in [1.29, 1.82) is 0 Å². The molecule has 1 aromatic rings. The third kappa shape index (κ3) is 3.30. The van der Waals surface area contributed by atoms with Gasteiger partial charge in [-0.15, -0.1) is 0 Å². The predicted molar refractivity (Wildman–Crippen MR) is 78.3 cm³/mol. The number of benzene rings is 1. The maximum atomic E-state index is 12.3. The molecule has 1 aliphatic rings. The summed E-state index contributed by atoms with van der Waals surface area (Å²) in [5.41, 5.74) is 6.05. The fourth-order valence-electron chi connectivity index (χ4n) is 2.59. The Morgan fingerprint density at radius 2 is 1.85 bits per heavy atom. The number of carbonyl (C=O) groups is 1. The van der Waals surface area contributed by atoms with Crippen molar-refractivity contribution in [3.63, 3.8) is 0 Å². The minimum atomic E-state index is -3.38. The third-order valence-electron chi connectivity index (χ3n) is 3.74. The molecule has 2 rings (SSSR count). The molecule has 0 spiro atoms. The molecule has 0 bridgehead atoms. The summed E-state index contributed by atoms with van der Waals surface area (Å²) in [6, 6.07) is 4.24. The number of hydrogen-bond acceptors (Lipinski definition) is 4. The SMILES string of the molecule is CC1(NC(=O)c2cc(N)cc(S(C)(=O)=O)c2)CCCC1. The first-order valence-electron chi connectivity index (χ1n) is 6.63. The summed E-state index contributed by atoms with van der Waals surface area (Å²) >= 11 is 0. The van der Waals surface area contributed by atoms with E-state index in [1.54, 1.807) is 0 Å². The van der Waals surface area contributed by atoms with Crippen molar-refractivity contribution in [1.82, 2.24) is 5.32 Å². The average Bonchev–Trinajstić information content (AvgIpc) is 2.73. The summed E-state index contributed by atoms with van der Waals surface area (Å²) in [5.74, 6) is -0.272. The van der Waals surface area contributed by atoms with Crippen LogP contribution in [0.25, 0.3) is 0 Å². The van der Waals surface area contributed by atoms with Gasteiger partial charge >= 0.3 is 0 Å². The zero-order valence-electron chi connectivity index (χ0n) is 11.8. The van der Waals surface area contributed by atoms with Gasteiger partial charge in [0.2, 0.25) is 0 Å². The molecule has 20 heavy (non-hydrogen) atoms. The monoisotopic (exact) mass is 296 g/mol. The molecule has 6 heteroatoms. The number of rotatable bonds is 3. The van der Waals surface area contributed by atoms with Gasteiger partial charge in [0.25, 0.3) is 5.91 Å². The zero-order valence-corrected chi connectivity index (χ0v) is 12.6. The molecule has 0 radical (unpaired) electrons. The zero-order chi connectivity index (χ0) is 15.0. The van der Waals surface area contributed by atoms with Gasteiger partial charge in [-0.25, -0.2) is 8.42 Å². The van der Waals surface area contributed by atoms with Crippen LogP contribution in [0.15, 0.2) is 23.1 Å². The molecule has 0 saturated heterocycles. The Bertz CT molecular complexity index is 632. The van der Waals surface area contributed by atoms with Crippen molar-refractivity contribution in [2.24, 2.45) is 0 Å². The molecule has 1 saturated carbocycles. The quantitative estimate of drug-likeness (QED) is 0.831. The van der Waals surface area contributed by atoms with E-state index in [9.17, 15) is 13.2 Å². The maximum Gasteiger partial charge on any atom is 0.251 e. The van der Waals surface area contributed by atoms with Crippen molar-refractivity contribution in [3.8, 4) is 0 Å². The van der Waals surface area contributed by atoms with Gasteiger partial charge in [-0.2, -0.15) is 0 Å². The van der Waals surface area contributed by atoms with Crippen LogP contribution in [0.5, 0.6) is 0 Å². The molecule has 0 heterocycles. The van der Waals surface area contributed by atoms with Crippen LogP contribution in [0, 0.1) is 0 Å². The van der Waals surface area contributed by atoms with Crippen LogP contribution in [-0.4, -0.2) is 26.1 Å². The summed E-state index contributed by atoms with van der Waals surface area (Å²) in [4.78, 5) is 12.3. The molecule has 3 N–H and O–H groups in total. The molecule has 5 nitrogen and oxygen atoms in total. The normalized spacial score (nSPS) is 17.9. The summed E-state index contributed by atoms with van der Waals surface area (Å²) in [7, 11) is -3.38. The van der Waals surface area contributed by atoms with Gasteiger partial charge in [0.1, 0.15) is 0 Å². The van der Waals surface area contributed by atoms with Crippen LogP contribution in [0.1, 0.15) is 43.0 Å². The molecule has 1 amide bonds. The smallest absolute Gasteiger partial charge is 0.251 e. The van der Waals surface area contributed by atoms with Crippen molar-refractivity contribution in [2.75, 3.05) is 12.0 Å². The Kier molecular flexibility index (Phi) is 3.77. The summed E-state index contributed by atoms with van der Waals surface area (Å²) in [6.45, 7) is 2.02. The van der Waals surface area contributed by atoms with Gasteiger partial charge in [0.05, 0.1) is 4.90 Å². The van der Waals surface area contributed by atoms with E-state index in [-0.39, 0.29) is 22.0 Å². The second kappa shape index (κ2) is 5.09. The molecule has 1 aromatic carbocycles. The Labute approximate surface area is 119 Å². The first-order valence-corrected chi connectivity index (χ1v) is 8.52. The highest BCUT2D eigenvalue weighted by Gasteiger charge is 2.30. The van der Waals surface area contributed by atoms with E-state index < -0.39 is 9.84 Å². The lowest BCUT2D eigenvalue weighted by Crippen LogP contribution is -2.43. The highest BCUT2D eigenvalue weighted by Crippen LogP contribution is 2.29. The lowest BCUT2D eigenvalue weighted by atomic mass is 10.00. The second-order valence-corrected chi connectivity index (χ2v) is 7.80. The molecular weight excluding hydrogens is 276 g/mol. The third-order valence-corrected chi connectivity index (χ3v) is 4.83. The Balaban J connectivity index is 2.28. The van der Waals surface area contributed by atoms with Crippen molar-refractivity contribution < 1.29 is 13.2 Å². The van der Waals surface area contributed by atoms with Crippen molar-refractivity contribution in [3.05, 3.63) is 23.8 Å². The van der Waals surface area contributed by atoms with Crippen LogP contribution in [0.3, 0.4) is 0 Å². The lowest BCUT2D eigenvalue weighted by molar-refractivity contribution is 0.0908. The Morgan fingerprint density at radius 1 is 1.25 bits per heavy atom. The first kappa shape index (κ1) is 14.8. The number of nitrogen functional groups attached to an aromatic ring is 1.